The van der Waals surface area contributed by atoms with Gasteiger partial charge in [-0.05, 0) is 35.8 Å². The van der Waals surface area contributed by atoms with Crippen molar-refractivity contribution in [2.45, 2.75) is 18.5 Å². The van der Waals surface area contributed by atoms with Gasteiger partial charge in [-0.2, -0.15) is 0 Å². The zero-order valence-electron chi connectivity index (χ0n) is 14.2. The van der Waals surface area contributed by atoms with E-state index in [-0.39, 0.29) is 24.1 Å². The van der Waals surface area contributed by atoms with Crippen molar-refractivity contribution < 1.29 is 13.6 Å². The Hall–Kier alpha value is -2.79. The van der Waals surface area contributed by atoms with Gasteiger partial charge in [-0.15, -0.1) is 6.58 Å². The summed E-state index contributed by atoms with van der Waals surface area (Å²) in [6.45, 7) is 3.79. The molecule has 0 saturated carbocycles. The van der Waals surface area contributed by atoms with Crippen LogP contribution in [0.4, 0.5) is 8.78 Å². The normalized spacial score (nSPS) is 17.7. The lowest BCUT2D eigenvalue weighted by Crippen LogP contribution is -2.43. The topological polar surface area (TPSA) is 46.3 Å². The van der Waals surface area contributed by atoms with Gasteiger partial charge in [0.15, 0.2) is 0 Å². The lowest BCUT2D eigenvalue weighted by molar-refractivity contribution is -0.133. The SMILES string of the molecule is C=CC[C@H](N)C(=O)N1CC(c2cc(F)ccc2F)=CC1c1ccccc1. The van der Waals surface area contributed by atoms with Crippen LogP contribution in [0, 0.1) is 11.6 Å². The average molecular weight is 354 g/mol. The molecule has 0 aliphatic carbocycles. The Morgan fingerprint density at radius 3 is 2.69 bits per heavy atom. The molecule has 134 valence electrons. The Balaban J connectivity index is 2.00. The molecule has 5 heteroatoms. The molecule has 0 aromatic heterocycles. The molecule has 2 N–H and O–H groups in total. The van der Waals surface area contributed by atoms with Gasteiger partial charge in [-0.25, -0.2) is 8.78 Å². The molecule has 26 heavy (non-hydrogen) atoms. The van der Waals surface area contributed by atoms with Crippen molar-refractivity contribution in [3.63, 3.8) is 0 Å². The van der Waals surface area contributed by atoms with E-state index in [2.05, 4.69) is 6.58 Å². The van der Waals surface area contributed by atoms with Gasteiger partial charge in [0.2, 0.25) is 5.91 Å². The van der Waals surface area contributed by atoms with Crippen LogP contribution in [0.3, 0.4) is 0 Å². The first-order valence-corrected chi connectivity index (χ1v) is 8.39. The molecule has 0 fully saturated rings. The summed E-state index contributed by atoms with van der Waals surface area (Å²) in [5, 5.41) is 0. The first-order valence-electron chi connectivity index (χ1n) is 8.39. The van der Waals surface area contributed by atoms with Gasteiger partial charge >= 0.3 is 0 Å². The van der Waals surface area contributed by atoms with Crippen LogP contribution >= 0.6 is 0 Å². The molecule has 1 unspecified atom stereocenters. The number of halogens is 2. The lowest BCUT2D eigenvalue weighted by Gasteiger charge is -2.27. The summed E-state index contributed by atoms with van der Waals surface area (Å²) >= 11 is 0. The number of nitrogens with two attached hydrogens (primary N) is 1. The summed E-state index contributed by atoms with van der Waals surface area (Å²) in [4.78, 5) is 14.4. The highest BCUT2D eigenvalue weighted by molar-refractivity contribution is 5.87. The van der Waals surface area contributed by atoms with Crippen LogP contribution in [0.2, 0.25) is 0 Å². The molecule has 0 radical (unpaired) electrons. The second kappa shape index (κ2) is 7.62. The molecule has 0 spiro atoms. The fraction of sp³-hybridized carbons (Fsp3) is 0.190. The zero-order chi connectivity index (χ0) is 18.7. The molecule has 3 nitrogen and oxygen atoms in total. The standard InChI is InChI=1S/C21H20F2N2O/c1-2-6-19(24)21(26)25-13-15(17-12-16(22)9-10-18(17)23)11-20(25)14-7-4-3-5-8-14/h2-5,7-12,19-20H,1,6,13,24H2/t19-,20?/m0/s1. The van der Waals surface area contributed by atoms with Crippen LogP contribution in [-0.4, -0.2) is 23.4 Å². The van der Waals surface area contributed by atoms with Gasteiger partial charge in [0.25, 0.3) is 0 Å². The Bertz CT molecular complexity index is 848. The van der Waals surface area contributed by atoms with E-state index in [4.69, 9.17) is 5.73 Å². The highest BCUT2D eigenvalue weighted by Crippen LogP contribution is 2.36. The van der Waals surface area contributed by atoms with E-state index in [0.717, 1.165) is 23.8 Å². The van der Waals surface area contributed by atoms with Crippen molar-refractivity contribution in [2.75, 3.05) is 6.54 Å². The number of carbonyl (C=O) groups is 1. The van der Waals surface area contributed by atoms with E-state index in [1.54, 1.807) is 17.1 Å². The van der Waals surface area contributed by atoms with Gasteiger partial charge in [-0.1, -0.05) is 42.5 Å². The van der Waals surface area contributed by atoms with E-state index in [1.165, 1.54) is 0 Å². The Morgan fingerprint density at radius 2 is 2.00 bits per heavy atom. The maximum atomic E-state index is 14.2. The third kappa shape index (κ3) is 3.58. The number of hydrogen-bond donors (Lipinski definition) is 1. The molecule has 1 heterocycles. The van der Waals surface area contributed by atoms with Gasteiger partial charge in [-0.3, -0.25) is 4.79 Å². The summed E-state index contributed by atoms with van der Waals surface area (Å²) in [6.07, 6.45) is 3.74. The minimum atomic E-state index is -0.719. The monoisotopic (exact) mass is 354 g/mol. The number of rotatable bonds is 5. The summed E-state index contributed by atoms with van der Waals surface area (Å²) in [7, 11) is 0. The Labute approximate surface area is 151 Å². The number of amides is 1. The summed E-state index contributed by atoms with van der Waals surface area (Å²) in [5.41, 5.74) is 7.58. The van der Waals surface area contributed by atoms with Crippen molar-refractivity contribution in [3.05, 3.63) is 90.0 Å². The van der Waals surface area contributed by atoms with Gasteiger partial charge in [0.05, 0.1) is 12.1 Å². The third-order valence-electron chi connectivity index (χ3n) is 4.47. The summed E-state index contributed by atoms with van der Waals surface area (Å²) in [5.74, 6) is -1.29. The maximum Gasteiger partial charge on any atom is 0.240 e. The molecule has 1 aliphatic heterocycles. The van der Waals surface area contributed by atoms with Crippen molar-refractivity contribution in [3.8, 4) is 0 Å². The zero-order valence-corrected chi connectivity index (χ0v) is 14.2. The van der Waals surface area contributed by atoms with Crippen molar-refractivity contribution in [2.24, 2.45) is 5.73 Å². The largest absolute Gasteiger partial charge is 0.326 e. The second-order valence-electron chi connectivity index (χ2n) is 6.27. The van der Waals surface area contributed by atoms with Crippen LogP contribution in [0.15, 0.2) is 67.3 Å². The lowest BCUT2D eigenvalue weighted by atomic mass is 10.0. The fourth-order valence-electron chi connectivity index (χ4n) is 3.17. The number of nitrogens with zero attached hydrogens (tertiary/aromatic N) is 1. The highest BCUT2D eigenvalue weighted by Gasteiger charge is 2.33. The fourth-order valence-corrected chi connectivity index (χ4v) is 3.17. The molecule has 2 atom stereocenters. The van der Waals surface area contributed by atoms with Gasteiger partial charge in [0.1, 0.15) is 11.6 Å². The number of hydrogen-bond acceptors (Lipinski definition) is 2. The van der Waals surface area contributed by atoms with Crippen LogP contribution in [0.1, 0.15) is 23.6 Å². The Morgan fingerprint density at radius 1 is 1.27 bits per heavy atom. The van der Waals surface area contributed by atoms with E-state index in [1.807, 2.05) is 30.3 Å². The summed E-state index contributed by atoms with van der Waals surface area (Å²) < 4.78 is 27.8. The molecule has 2 aromatic carbocycles. The van der Waals surface area contributed by atoms with Crippen molar-refractivity contribution >= 4 is 11.5 Å². The van der Waals surface area contributed by atoms with E-state index in [9.17, 15) is 13.6 Å². The highest BCUT2D eigenvalue weighted by atomic mass is 19.1. The Kier molecular flexibility index (Phi) is 5.28. The van der Waals surface area contributed by atoms with Gasteiger partial charge in [0, 0.05) is 12.1 Å². The first-order chi connectivity index (χ1) is 12.5. The molecule has 3 rings (SSSR count). The average Bonchev–Trinajstić information content (AvgIpc) is 3.09. The molecule has 1 amide bonds. The van der Waals surface area contributed by atoms with Crippen molar-refractivity contribution in [1.82, 2.24) is 4.90 Å². The number of benzene rings is 2. The van der Waals surface area contributed by atoms with E-state index >= 15 is 0 Å². The maximum absolute atomic E-state index is 14.2. The van der Waals surface area contributed by atoms with Crippen LogP contribution in [0.25, 0.3) is 5.57 Å². The van der Waals surface area contributed by atoms with Crippen LogP contribution < -0.4 is 5.73 Å². The smallest absolute Gasteiger partial charge is 0.240 e. The molecule has 2 aromatic rings. The first kappa shape index (κ1) is 18.0. The number of carbonyl (C=O) groups excluding carboxylic acids is 1. The van der Waals surface area contributed by atoms with Crippen LogP contribution in [-0.2, 0) is 4.79 Å². The van der Waals surface area contributed by atoms with Crippen LogP contribution in [0.5, 0.6) is 0 Å². The molecule has 0 bridgehead atoms. The van der Waals surface area contributed by atoms with E-state index < -0.39 is 17.7 Å². The predicted octanol–water partition coefficient (Wildman–Crippen LogP) is 3.84. The second-order valence-corrected chi connectivity index (χ2v) is 6.27. The minimum absolute atomic E-state index is 0.165. The molecular weight excluding hydrogens is 334 g/mol. The minimum Gasteiger partial charge on any atom is -0.326 e. The van der Waals surface area contributed by atoms with Gasteiger partial charge < -0.3 is 10.6 Å². The molecule has 0 saturated heterocycles. The van der Waals surface area contributed by atoms with Crippen molar-refractivity contribution in [1.29, 1.82) is 0 Å². The molecule has 1 aliphatic rings. The predicted molar refractivity (Wildman–Crippen MR) is 98.0 cm³/mol. The molecular formula is C21H20F2N2O. The van der Waals surface area contributed by atoms with E-state index in [0.29, 0.717) is 12.0 Å². The summed E-state index contributed by atoms with van der Waals surface area (Å²) in [6, 6.07) is 11.6. The third-order valence-corrected chi connectivity index (χ3v) is 4.47. The quantitative estimate of drug-likeness (QED) is 0.830.